The fourth-order valence-corrected chi connectivity index (χ4v) is 6.17. The van der Waals surface area contributed by atoms with Gasteiger partial charge in [-0.25, -0.2) is 13.4 Å². The Morgan fingerprint density at radius 1 is 1.03 bits per heavy atom. The molecule has 0 saturated carbocycles. The third-order valence-electron chi connectivity index (χ3n) is 5.20. The van der Waals surface area contributed by atoms with E-state index in [-0.39, 0.29) is 10.8 Å². The lowest BCUT2D eigenvalue weighted by Gasteiger charge is -2.25. The van der Waals surface area contributed by atoms with Crippen LogP contribution in [0.25, 0.3) is 10.2 Å². The second-order valence-electron chi connectivity index (χ2n) is 7.28. The molecule has 0 bridgehead atoms. The van der Waals surface area contributed by atoms with Crippen molar-refractivity contribution in [1.29, 1.82) is 0 Å². The minimum absolute atomic E-state index is 0.117. The average molecular weight is 492 g/mol. The molecule has 32 heavy (non-hydrogen) atoms. The number of thioether (sulfide) groups is 1. The molecule has 2 aromatic carbocycles. The summed E-state index contributed by atoms with van der Waals surface area (Å²) in [6.07, 6.45) is 1.18. The largest absolute Gasteiger partial charge is 0.302 e. The van der Waals surface area contributed by atoms with E-state index < -0.39 is 9.84 Å². The van der Waals surface area contributed by atoms with Crippen LogP contribution in [0.2, 0.25) is 0 Å². The zero-order valence-electron chi connectivity index (χ0n) is 18.9. The van der Waals surface area contributed by atoms with Crippen LogP contribution in [0.5, 0.6) is 0 Å². The highest BCUT2D eigenvalue weighted by atomic mass is 32.2. The SMILES string of the molecule is CCSc1ccccc1C(=O)N(CCN(CC)CC)c1nc2c(S(C)(=O)=O)cccc2s1. The van der Waals surface area contributed by atoms with Crippen molar-refractivity contribution >= 4 is 54.2 Å². The van der Waals surface area contributed by atoms with Crippen LogP contribution in [0.1, 0.15) is 31.1 Å². The molecule has 0 atom stereocenters. The van der Waals surface area contributed by atoms with Crippen LogP contribution in [-0.2, 0) is 9.84 Å². The predicted octanol–water partition coefficient (Wildman–Crippen LogP) is 4.80. The summed E-state index contributed by atoms with van der Waals surface area (Å²) in [7, 11) is -3.43. The number of amides is 1. The van der Waals surface area contributed by atoms with Crippen LogP contribution in [0.15, 0.2) is 52.3 Å². The van der Waals surface area contributed by atoms with Gasteiger partial charge in [0.15, 0.2) is 15.0 Å². The molecule has 0 aliphatic carbocycles. The molecular weight excluding hydrogens is 462 g/mol. The Balaban J connectivity index is 2.08. The summed E-state index contributed by atoms with van der Waals surface area (Å²) in [5, 5.41) is 0.518. The number of aromatic nitrogens is 1. The molecule has 0 saturated heterocycles. The van der Waals surface area contributed by atoms with Crippen molar-refractivity contribution in [3.8, 4) is 0 Å². The molecular formula is C23H29N3O3S3. The number of para-hydroxylation sites is 1. The molecule has 1 heterocycles. The Hall–Kier alpha value is -1.94. The van der Waals surface area contributed by atoms with Crippen LogP contribution in [-0.4, -0.2) is 62.4 Å². The van der Waals surface area contributed by atoms with Gasteiger partial charge in [0, 0.05) is 24.2 Å². The Bertz CT molecular complexity index is 1190. The van der Waals surface area contributed by atoms with E-state index in [1.807, 2.05) is 30.3 Å². The Morgan fingerprint density at radius 2 is 1.75 bits per heavy atom. The molecule has 0 N–H and O–H groups in total. The molecule has 0 unspecified atom stereocenters. The lowest BCUT2D eigenvalue weighted by atomic mass is 10.2. The smallest absolute Gasteiger partial charge is 0.261 e. The van der Waals surface area contributed by atoms with E-state index in [4.69, 9.17) is 0 Å². The molecule has 0 aliphatic heterocycles. The van der Waals surface area contributed by atoms with Gasteiger partial charge in [0.25, 0.3) is 5.91 Å². The second kappa shape index (κ2) is 10.8. The maximum absolute atomic E-state index is 13.7. The second-order valence-corrected chi connectivity index (χ2v) is 11.6. The molecule has 6 nitrogen and oxygen atoms in total. The van der Waals surface area contributed by atoms with Gasteiger partial charge in [0.05, 0.1) is 15.2 Å². The first-order valence-corrected chi connectivity index (χ1v) is 14.3. The van der Waals surface area contributed by atoms with Crippen molar-refractivity contribution in [3.05, 3.63) is 48.0 Å². The van der Waals surface area contributed by atoms with Crippen molar-refractivity contribution in [2.75, 3.05) is 43.1 Å². The fraction of sp³-hybridized carbons (Fsp3) is 0.391. The standard InChI is InChI=1S/C23H29N3O3S3/c1-5-25(6-2)15-16-26(22(27)17-11-8-9-12-18(17)30-7-3)23-24-21-19(31-23)13-10-14-20(21)32(4,28)29/h8-14H,5-7,15-16H2,1-4H3. The molecule has 0 spiro atoms. The summed E-state index contributed by atoms with van der Waals surface area (Å²) >= 11 is 2.98. The molecule has 172 valence electrons. The molecule has 0 aliphatic rings. The Labute approximate surface area is 198 Å². The number of carbonyl (C=O) groups excluding carboxylic acids is 1. The molecule has 0 radical (unpaired) electrons. The van der Waals surface area contributed by atoms with Crippen LogP contribution >= 0.6 is 23.1 Å². The van der Waals surface area contributed by atoms with E-state index in [9.17, 15) is 13.2 Å². The van der Waals surface area contributed by atoms with Crippen LogP contribution < -0.4 is 4.90 Å². The van der Waals surface area contributed by atoms with E-state index in [0.717, 1.165) is 28.4 Å². The summed E-state index contributed by atoms with van der Waals surface area (Å²) in [5.41, 5.74) is 1.06. The van der Waals surface area contributed by atoms with E-state index in [1.54, 1.807) is 28.8 Å². The number of thiazole rings is 1. The van der Waals surface area contributed by atoms with E-state index in [0.29, 0.717) is 29.3 Å². The van der Waals surface area contributed by atoms with Crippen LogP contribution in [0, 0.1) is 0 Å². The number of likely N-dealkylation sites (N-methyl/N-ethyl adjacent to an activating group) is 1. The Morgan fingerprint density at radius 3 is 2.41 bits per heavy atom. The number of hydrogen-bond acceptors (Lipinski definition) is 7. The highest BCUT2D eigenvalue weighted by Crippen LogP contribution is 2.34. The fourth-order valence-electron chi connectivity index (χ4n) is 3.46. The van der Waals surface area contributed by atoms with Crippen molar-refractivity contribution in [1.82, 2.24) is 9.88 Å². The molecule has 3 aromatic rings. The van der Waals surface area contributed by atoms with Crippen LogP contribution in [0.4, 0.5) is 5.13 Å². The monoisotopic (exact) mass is 491 g/mol. The topological polar surface area (TPSA) is 70.6 Å². The number of nitrogens with zero attached hydrogens (tertiary/aromatic N) is 3. The number of hydrogen-bond donors (Lipinski definition) is 0. The summed E-state index contributed by atoms with van der Waals surface area (Å²) < 4.78 is 25.3. The normalized spacial score (nSPS) is 11.9. The zero-order valence-corrected chi connectivity index (χ0v) is 21.3. The van der Waals surface area contributed by atoms with Gasteiger partial charge in [-0.1, -0.05) is 50.3 Å². The maximum atomic E-state index is 13.7. The van der Waals surface area contributed by atoms with Crippen LogP contribution in [0.3, 0.4) is 0 Å². The highest BCUT2D eigenvalue weighted by Gasteiger charge is 2.25. The number of benzene rings is 2. The average Bonchev–Trinajstić information content (AvgIpc) is 3.20. The molecule has 9 heteroatoms. The van der Waals surface area contributed by atoms with Gasteiger partial charge in [-0.3, -0.25) is 9.69 Å². The van der Waals surface area contributed by atoms with E-state index in [1.165, 1.54) is 17.6 Å². The first kappa shape index (κ1) is 24.7. The lowest BCUT2D eigenvalue weighted by Crippen LogP contribution is -2.39. The van der Waals surface area contributed by atoms with Gasteiger partial charge in [-0.2, -0.15) is 0 Å². The number of anilines is 1. The predicted molar refractivity (Wildman–Crippen MR) is 135 cm³/mol. The number of fused-ring (bicyclic) bond motifs is 1. The number of carbonyl (C=O) groups is 1. The maximum Gasteiger partial charge on any atom is 0.261 e. The first-order valence-electron chi connectivity index (χ1n) is 10.7. The first-order chi connectivity index (χ1) is 15.3. The van der Waals surface area contributed by atoms with Gasteiger partial charge >= 0.3 is 0 Å². The summed E-state index contributed by atoms with van der Waals surface area (Å²) in [4.78, 5) is 23.5. The number of sulfone groups is 1. The lowest BCUT2D eigenvalue weighted by molar-refractivity contribution is 0.0981. The summed E-state index contributed by atoms with van der Waals surface area (Å²) in [6, 6.07) is 12.7. The zero-order chi connectivity index (χ0) is 23.3. The van der Waals surface area contributed by atoms with Gasteiger partial charge in [0.2, 0.25) is 0 Å². The molecule has 3 rings (SSSR count). The minimum Gasteiger partial charge on any atom is -0.302 e. The van der Waals surface area contributed by atoms with E-state index >= 15 is 0 Å². The summed E-state index contributed by atoms with van der Waals surface area (Å²) in [5.74, 6) is 0.747. The van der Waals surface area contributed by atoms with Gasteiger partial charge in [0.1, 0.15) is 5.52 Å². The molecule has 1 aromatic heterocycles. The van der Waals surface area contributed by atoms with Gasteiger partial charge in [-0.05, 0) is 43.1 Å². The third-order valence-corrected chi connectivity index (χ3v) is 8.33. The molecule has 0 fully saturated rings. The quantitative estimate of drug-likeness (QED) is 0.380. The van der Waals surface area contributed by atoms with Crippen molar-refractivity contribution in [2.24, 2.45) is 0 Å². The Kier molecular flexibility index (Phi) is 8.32. The highest BCUT2D eigenvalue weighted by molar-refractivity contribution is 7.99. The van der Waals surface area contributed by atoms with Crippen molar-refractivity contribution in [3.63, 3.8) is 0 Å². The third kappa shape index (κ3) is 5.51. The summed E-state index contributed by atoms with van der Waals surface area (Å²) in [6.45, 7) is 9.20. The van der Waals surface area contributed by atoms with Gasteiger partial charge < -0.3 is 4.90 Å². The number of rotatable bonds is 10. The molecule has 1 amide bonds. The van der Waals surface area contributed by atoms with Gasteiger partial charge in [-0.15, -0.1) is 11.8 Å². The van der Waals surface area contributed by atoms with Crippen molar-refractivity contribution < 1.29 is 13.2 Å². The minimum atomic E-state index is -3.43. The van der Waals surface area contributed by atoms with Crippen molar-refractivity contribution in [2.45, 2.75) is 30.6 Å². The van der Waals surface area contributed by atoms with E-state index in [2.05, 4.69) is 30.7 Å².